The van der Waals surface area contributed by atoms with E-state index in [1.165, 1.54) is 18.8 Å². The molecule has 4 heterocycles. The van der Waals surface area contributed by atoms with E-state index in [0.29, 0.717) is 0 Å². The lowest BCUT2D eigenvalue weighted by atomic mass is 10.5. The zero-order chi connectivity index (χ0) is 10.8. The SMILES string of the molecule is c1cc2sccc2s1.c1cc2sccc2s1. The number of hydrogen-bond donors (Lipinski definition) is 0. The van der Waals surface area contributed by atoms with Crippen molar-refractivity contribution in [2.24, 2.45) is 0 Å². The van der Waals surface area contributed by atoms with Gasteiger partial charge in [0.1, 0.15) is 0 Å². The van der Waals surface area contributed by atoms with Crippen LogP contribution >= 0.6 is 45.3 Å². The first-order chi connectivity index (χ1) is 7.93. The number of fused-ring (bicyclic) bond motifs is 2. The Balaban J connectivity index is 0.000000101. The van der Waals surface area contributed by atoms with E-state index in [9.17, 15) is 0 Å². The molecule has 0 aromatic carbocycles. The lowest BCUT2D eigenvalue weighted by Crippen LogP contribution is -1.33. The van der Waals surface area contributed by atoms with Crippen molar-refractivity contribution in [3.05, 3.63) is 45.8 Å². The molecule has 0 N–H and O–H groups in total. The summed E-state index contributed by atoms with van der Waals surface area (Å²) in [6.07, 6.45) is 0. The molecule has 0 saturated heterocycles. The van der Waals surface area contributed by atoms with Crippen LogP contribution < -0.4 is 0 Å². The van der Waals surface area contributed by atoms with Gasteiger partial charge in [0, 0.05) is 18.8 Å². The Morgan fingerprint density at radius 2 is 0.688 bits per heavy atom. The average Bonchev–Trinajstić information content (AvgIpc) is 2.99. The standard InChI is InChI=1S/2C6H4S2/c2*1-3-7-6-2-4-8-5(1)6/h2*1-4H. The number of hydrogen-bond acceptors (Lipinski definition) is 4. The quantitative estimate of drug-likeness (QED) is 0.375. The molecule has 0 atom stereocenters. The van der Waals surface area contributed by atoms with Gasteiger partial charge in [-0.25, -0.2) is 0 Å². The van der Waals surface area contributed by atoms with E-state index >= 15 is 0 Å². The third kappa shape index (κ3) is 2.06. The van der Waals surface area contributed by atoms with E-state index in [4.69, 9.17) is 0 Å². The van der Waals surface area contributed by atoms with Gasteiger partial charge < -0.3 is 0 Å². The summed E-state index contributed by atoms with van der Waals surface area (Å²) in [6.45, 7) is 0. The largest absolute Gasteiger partial charge is 0.143 e. The van der Waals surface area contributed by atoms with Gasteiger partial charge in [0.15, 0.2) is 0 Å². The van der Waals surface area contributed by atoms with Gasteiger partial charge in [-0.1, -0.05) is 0 Å². The molecule has 4 rings (SSSR count). The molecule has 0 radical (unpaired) electrons. The zero-order valence-electron chi connectivity index (χ0n) is 8.25. The van der Waals surface area contributed by atoms with E-state index in [2.05, 4.69) is 45.8 Å². The van der Waals surface area contributed by atoms with Crippen molar-refractivity contribution in [1.82, 2.24) is 0 Å². The predicted octanol–water partition coefficient (Wildman–Crippen LogP) is 5.93. The molecule has 0 spiro atoms. The first-order valence-corrected chi connectivity index (χ1v) is 8.27. The second-order valence-electron chi connectivity index (χ2n) is 3.14. The van der Waals surface area contributed by atoms with Crippen LogP contribution in [-0.2, 0) is 0 Å². The van der Waals surface area contributed by atoms with Crippen molar-refractivity contribution in [2.75, 3.05) is 0 Å². The minimum absolute atomic E-state index is 1.41. The van der Waals surface area contributed by atoms with Crippen LogP contribution in [0.1, 0.15) is 0 Å². The molecule has 0 aliphatic rings. The summed E-state index contributed by atoms with van der Waals surface area (Å²) in [4.78, 5) is 0. The van der Waals surface area contributed by atoms with Gasteiger partial charge in [-0.15, -0.1) is 45.3 Å². The highest BCUT2D eigenvalue weighted by Crippen LogP contribution is 2.25. The van der Waals surface area contributed by atoms with E-state index in [1.54, 1.807) is 45.3 Å². The van der Waals surface area contributed by atoms with Gasteiger partial charge in [0.05, 0.1) is 0 Å². The van der Waals surface area contributed by atoms with Crippen LogP contribution in [-0.4, -0.2) is 0 Å². The molecule has 0 bridgehead atoms. The molecular formula is C12H8S4. The van der Waals surface area contributed by atoms with E-state index in [-0.39, 0.29) is 0 Å². The molecule has 0 saturated carbocycles. The molecule has 0 fully saturated rings. The lowest BCUT2D eigenvalue weighted by Gasteiger charge is -1.63. The summed E-state index contributed by atoms with van der Waals surface area (Å²) in [5, 5.41) is 8.50. The van der Waals surface area contributed by atoms with E-state index < -0.39 is 0 Å². The van der Waals surface area contributed by atoms with Crippen LogP contribution in [0.4, 0.5) is 0 Å². The maximum absolute atomic E-state index is 2.16. The summed E-state index contributed by atoms with van der Waals surface area (Å²) in [7, 11) is 0. The first kappa shape index (κ1) is 10.5. The highest BCUT2D eigenvalue weighted by Gasteiger charge is 1.91. The summed E-state index contributed by atoms with van der Waals surface area (Å²) >= 11 is 7.22. The fourth-order valence-electron chi connectivity index (χ4n) is 1.39. The van der Waals surface area contributed by atoms with Crippen LogP contribution in [0.25, 0.3) is 18.8 Å². The minimum Gasteiger partial charge on any atom is -0.143 e. The molecule has 0 aliphatic carbocycles. The Morgan fingerprint density at radius 3 is 0.938 bits per heavy atom. The first-order valence-electron chi connectivity index (χ1n) is 4.75. The normalized spacial score (nSPS) is 10.5. The summed E-state index contributed by atoms with van der Waals surface area (Å²) in [5.41, 5.74) is 0. The molecule has 0 nitrogen and oxygen atoms in total. The van der Waals surface area contributed by atoms with Crippen molar-refractivity contribution in [1.29, 1.82) is 0 Å². The fourth-order valence-corrected chi connectivity index (χ4v) is 5.04. The van der Waals surface area contributed by atoms with E-state index in [1.807, 2.05) is 0 Å². The van der Waals surface area contributed by atoms with Crippen molar-refractivity contribution in [3.8, 4) is 0 Å². The Morgan fingerprint density at radius 1 is 0.438 bits per heavy atom. The molecule has 0 unspecified atom stereocenters. The second-order valence-corrected chi connectivity index (χ2v) is 6.93. The predicted molar refractivity (Wildman–Crippen MR) is 79.4 cm³/mol. The second kappa shape index (κ2) is 4.67. The molecule has 80 valence electrons. The third-order valence-corrected chi connectivity index (χ3v) is 5.93. The van der Waals surface area contributed by atoms with Gasteiger partial charge in [-0.3, -0.25) is 0 Å². The highest BCUT2D eigenvalue weighted by molar-refractivity contribution is 7.26. The number of rotatable bonds is 0. The van der Waals surface area contributed by atoms with Crippen LogP contribution in [0.5, 0.6) is 0 Å². The summed E-state index contributed by atoms with van der Waals surface area (Å²) in [5.74, 6) is 0. The van der Waals surface area contributed by atoms with Gasteiger partial charge in [0.2, 0.25) is 0 Å². The molecule has 0 aliphatic heterocycles. The van der Waals surface area contributed by atoms with Crippen molar-refractivity contribution >= 4 is 64.1 Å². The van der Waals surface area contributed by atoms with Crippen LogP contribution in [0.3, 0.4) is 0 Å². The lowest BCUT2D eigenvalue weighted by molar-refractivity contribution is 2.24. The monoisotopic (exact) mass is 280 g/mol. The Labute approximate surface area is 109 Å². The maximum Gasteiger partial charge on any atom is 0.0450 e. The molecular weight excluding hydrogens is 272 g/mol. The van der Waals surface area contributed by atoms with Crippen molar-refractivity contribution in [2.45, 2.75) is 0 Å². The smallest absolute Gasteiger partial charge is 0.0450 e. The third-order valence-electron chi connectivity index (χ3n) is 2.14. The van der Waals surface area contributed by atoms with Crippen molar-refractivity contribution < 1.29 is 0 Å². The minimum atomic E-state index is 1.41. The average molecular weight is 280 g/mol. The molecule has 16 heavy (non-hydrogen) atoms. The molecule has 4 aromatic heterocycles. The van der Waals surface area contributed by atoms with Crippen LogP contribution in [0.15, 0.2) is 45.8 Å². The molecule has 4 aromatic rings. The topological polar surface area (TPSA) is 0 Å². The van der Waals surface area contributed by atoms with Crippen LogP contribution in [0.2, 0.25) is 0 Å². The van der Waals surface area contributed by atoms with Gasteiger partial charge in [0.25, 0.3) is 0 Å². The van der Waals surface area contributed by atoms with Gasteiger partial charge >= 0.3 is 0 Å². The Hall–Kier alpha value is -0.680. The Bertz CT molecular complexity index is 516. The summed E-state index contributed by atoms with van der Waals surface area (Å²) < 4.78 is 5.65. The highest BCUT2D eigenvalue weighted by atomic mass is 32.1. The molecule has 4 heteroatoms. The van der Waals surface area contributed by atoms with Gasteiger partial charge in [-0.05, 0) is 45.8 Å². The molecule has 0 amide bonds. The number of thiophene rings is 4. The van der Waals surface area contributed by atoms with E-state index in [0.717, 1.165) is 0 Å². The summed E-state index contributed by atoms with van der Waals surface area (Å²) in [6, 6.07) is 8.63. The zero-order valence-corrected chi connectivity index (χ0v) is 11.5. The van der Waals surface area contributed by atoms with Gasteiger partial charge in [-0.2, -0.15) is 0 Å². The maximum atomic E-state index is 2.16. The van der Waals surface area contributed by atoms with Crippen LogP contribution in [0, 0.1) is 0 Å². The Kier molecular flexibility index (Phi) is 3.06. The van der Waals surface area contributed by atoms with Crippen molar-refractivity contribution in [3.63, 3.8) is 0 Å². The fraction of sp³-hybridized carbons (Fsp3) is 0.